The molecule has 0 saturated heterocycles. The van der Waals surface area contributed by atoms with Gasteiger partial charge in [0, 0.05) is 12.4 Å². The Kier molecular flexibility index (Phi) is 2.91. The van der Waals surface area contributed by atoms with Gasteiger partial charge in [-0.3, -0.25) is 4.79 Å². The molecule has 0 radical (unpaired) electrons. The van der Waals surface area contributed by atoms with Crippen molar-refractivity contribution in [2.75, 3.05) is 0 Å². The Hall–Kier alpha value is -1.82. The normalized spacial score (nSPS) is 23.4. The van der Waals surface area contributed by atoms with E-state index in [1.807, 2.05) is 0 Å². The van der Waals surface area contributed by atoms with Gasteiger partial charge in [-0.25, -0.2) is 9.97 Å². The molecular formula is C9H6ClN3O3. The van der Waals surface area contributed by atoms with Crippen molar-refractivity contribution < 1.29 is 14.4 Å². The fourth-order valence-electron chi connectivity index (χ4n) is 1.35. The van der Waals surface area contributed by atoms with Gasteiger partial charge in [-0.15, -0.1) is 0 Å². The van der Waals surface area contributed by atoms with Crippen molar-refractivity contribution in [3.8, 4) is 0 Å². The molecule has 82 valence electrons. The van der Waals surface area contributed by atoms with E-state index in [2.05, 4.69) is 15.1 Å². The number of nitrogens with zero attached hydrogens (tertiary/aromatic N) is 3. The monoisotopic (exact) mass is 239 g/mol. The summed E-state index contributed by atoms with van der Waals surface area (Å²) in [6.45, 7) is 0. The number of carbonyl (C=O) groups is 2. The van der Waals surface area contributed by atoms with Crippen LogP contribution in [-0.4, -0.2) is 34.4 Å². The van der Waals surface area contributed by atoms with Crippen LogP contribution in [0.3, 0.4) is 0 Å². The molecule has 0 bridgehead atoms. The van der Waals surface area contributed by atoms with Crippen molar-refractivity contribution in [3.63, 3.8) is 0 Å². The van der Waals surface area contributed by atoms with Crippen LogP contribution >= 0.6 is 11.6 Å². The summed E-state index contributed by atoms with van der Waals surface area (Å²) < 4.78 is 0. The van der Waals surface area contributed by atoms with Crippen molar-refractivity contribution in [2.24, 2.45) is 11.1 Å². The lowest BCUT2D eigenvalue weighted by Crippen LogP contribution is -2.27. The number of hydrogen-bond acceptors (Lipinski definition) is 6. The SMILES string of the molecule is O=CC1ON=C(c2nccnc2Cl)C1C=O. The number of aromatic nitrogens is 2. The molecule has 0 aromatic carbocycles. The molecule has 1 aromatic heterocycles. The zero-order valence-electron chi connectivity index (χ0n) is 7.91. The van der Waals surface area contributed by atoms with E-state index < -0.39 is 12.0 Å². The highest BCUT2D eigenvalue weighted by molar-refractivity contribution is 6.33. The zero-order valence-corrected chi connectivity index (χ0v) is 8.66. The highest BCUT2D eigenvalue weighted by Gasteiger charge is 2.36. The fourth-order valence-corrected chi connectivity index (χ4v) is 1.55. The van der Waals surface area contributed by atoms with Crippen LogP contribution in [-0.2, 0) is 14.4 Å². The molecule has 6 nitrogen and oxygen atoms in total. The molecule has 0 spiro atoms. The van der Waals surface area contributed by atoms with E-state index in [-0.39, 0.29) is 16.6 Å². The van der Waals surface area contributed by atoms with E-state index in [0.717, 1.165) is 0 Å². The van der Waals surface area contributed by atoms with Gasteiger partial charge in [0.15, 0.2) is 17.5 Å². The summed E-state index contributed by atoms with van der Waals surface area (Å²) in [5.74, 6) is -0.785. The standard InChI is InChI=1S/C9H6ClN3O3/c10-9-8(11-1-2-12-9)7-5(3-14)6(4-15)16-13-7/h1-6H. The smallest absolute Gasteiger partial charge is 0.197 e. The topological polar surface area (TPSA) is 81.5 Å². The van der Waals surface area contributed by atoms with E-state index in [1.54, 1.807) is 0 Å². The Balaban J connectivity index is 2.39. The van der Waals surface area contributed by atoms with Crippen LogP contribution in [0.2, 0.25) is 5.15 Å². The third-order valence-corrected chi connectivity index (χ3v) is 2.40. The van der Waals surface area contributed by atoms with Crippen LogP contribution < -0.4 is 0 Å². The maximum Gasteiger partial charge on any atom is 0.197 e. The Morgan fingerprint density at radius 1 is 1.25 bits per heavy atom. The molecule has 0 aliphatic carbocycles. The fraction of sp³-hybridized carbons (Fsp3) is 0.222. The maximum atomic E-state index is 10.9. The van der Waals surface area contributed by atoms with Crippen molar-refractivity contribution in [1.82, 2.24) is 9.97 Å². The molecule has 1 aliphatic heterocycles. The average molecular weight is 240 g/mol. The molecule has 2 rings (SSSR count). The molecule has 0 saturated carbocycles. The largest absolute Gasteiger partial charge is 0.383 e. The van der Waals surface area contributed by atoms with E-state index in [1.165, 1.54) is 12.4 Å². The predicted molar refractivity (Wildman–Crippen MR) is 54.1 cm³/mol. The molecule has 2 heterocycles. The summed E-state index contributed by atoms with van der Waals surface area (Å²) in [5, 5.41) is 3.75. The molecule has 0 amide bonds. The van der Waals surface area contributed by atoms with E-state index in [0.29, 0.717) is 12.6 Å². The second-order valence-electron chi connectivity index (χ2n) is 3.04. The average Bonchev–Trinajstić information content (AvgIpc) is 2.72. The highest BCUT2D eigenvalue weighted by Crippen LogP contribution is 2.22. The summed E-state index contributed by atoms with van der Waals surface area (Å²) >= 11 is 5.80. The summed E-state index contributed by atoms with van der Waals surface area (Å²) in [5.41, 5.74) is 0.482. The first-order valence-corrected chi connectivity index (χ1v) is 4.77. The van der Waals surface area contributed by atoms with Gasteiger partial charge in [0.1, 0.15) is 23.6 Å². The van der Waals surface area contributed by atoms with Gasteiger partial charge < -0.3 is 9.63 Å². The number of oxime groups is 1. The van der Waals surface area contributed by atoms with Crippen molar-refractivity contribution in [2.45, 2.75) is 6.10 Å². The van der Waals surface area contributed by atoms with Gasteiger partial charge in [0.05, 0.1) is 0 Å². The highest BCUT2D eigenvalue weighted by atomic mass is 35.5. The Morgan fingerprint density at radius 2 is 2.00 bits per heavy atom. The van der Waals surface area contributed by atoms with E-state index >= 15 is 0 Å². The van der Waals surface area contributed by atoms with Crippen molar-refractivity contribution in [1.29, 1.82) is 0 Å². The number of carbonyl (C=O) groups excluding carboxylic acids is 2. The summed E-state index contributed by atoms with van der Waals surface area (Å²) in [6.07, 6.45) is 3.01. The predicted octanol–water partition coefficient (Wildman–Crippen LogP) is 0.247. The van der Waals surface area contributed by atoms with Gasteiger partial charge in [0.25, 0.3) is 0 Å². The number of hydrogen-bond donors (Lipinski definition) is 0. The zero-order chi connectivity index (χ0) is 11.5. The summed E-state index contributed by atoms with van der Waals surface area (Å²) in [6, 6.07) is 0. The van der Waals surface area contributed by atoms with Crippen molar-refractivity contribution in [3.05, 3.63) is 23.2 Å². The minimum atomic E-state index is -0.912. The summed E-state index contributed by atoms with van der Waals surface area (Å²) in [4.78, 5) is 34.0. The number of halogens is 1. The first kappa shape index (κ1) is 10.7. The molecule has 2 unspecified atom stereocenters. The molecule has 1 aromatic rings. The van der Waals surface area contributed by atoms with Gasteiger partial charge in [0.2, 0.25) is 0 Å². The van der Waals surface area contributed by atoms with Crippen LogP contribution in [0.25, 0.3) is 0 Å². The van der Waals surface area contributed by atoms with Crippen LogP contribution in [0.4, 0.5) is 0 Å². The summed E-state index contributed by atoms with van der Waals surface area (Å²) in [7, 11) is 0. The molecular weight excluding hydrogens is 234 g/mol. The first-order chi connectivity index (χ1) is 7.77. The lowest BCUT2D eigenvalue weighted by atomic mass is 9.98. The lowest BCUT2D eigenvalue weighted by molar-refractivity contribution is -0.122. The molecule has 1 aliphatic rings. The van der Waals surface area contributed by atoms with Crippen LogP contribution in [0.5, 0.6) is 0 Å². The third kappa shape index (κ3) is 1.67. The molecule has 2 atom stereocenters. The molecule has 0 fully saturated rings. The minimum absolute atomic E-state index is 0.114. The minimum Gasteiger partial charge on any atom is -0.383 e. The van der Waals surface area contributed by atoms with Crippen LogP contribution in [0.15, 0.2) is 17.5 Å². The Bertz CT molecular complexity index is 463. The second-order valence-corrected chi connectivity index (χ2v) is 3.40. The lowest BCUT2D eigenvalue weighted by Gasteiger charge is -2.06. The Morgan fingerprint density at radius 3 is 2.62 bits per heavy atom. The van der Waals surface area contributed by atoms with Gasteiger partial charge in [-0.1, -0.05) is 16.8 Å². The number of aldehydes is 2. The molecule has 16 heavy (non-hydrogen) atoms. The quantitative estimate of drug-likeness (QED) is 0.706. The first-order valence-electron chi connectivity index (χ1n) is 4.39. The Labute approximate surface area is 95.3 Å². The van der Waals surface area contributed by atoms with Crippen molar-refractivity contribution >= 4 is 29.9 Å². The van der Waals surface area contributed by atoms with Gasteiger partial charge >= 0.3 is 0 Å². The third-order valence-electron chi connectivity index (χ3n) is 2.12. The number of rotatable bonds is 3. The van der Waals surface area contributed by atoms with Crippen LogP contribution in [0.1, 0.15) is 5.69 Å². The van der Waals surface area contributed by atoms with E-state index in [9.17, 15) is 9.59 Å². The van der Waals surface area contributed by atoms with Gasteiger partial charge in [-0.2, -0.15) is 0 Å². The maximum absolute atomic E-state index is 10.9. The second kappa shape index (κ2) is 4.36. The van der Waals surface area contributed by atoms with Crippen LogP contribution in [0, 0.1) is 5.92 Å². The molecule has 0 N–H and O–H groups in total. The van der Waals surface area contributed by atoms with Gasteiger partial charge in [-0.05, 0) is 0 Å². The molecule has 7 heteroatoms. The van der Waals surface area contributed by atoms with E-state index in [4.69, 9.17) is 16.4 Å².